The average Bonchev–Trinajstić information content (AvgIpc) is 4.12. The molecule has 4 amide bonds. The molecule has 0 unspecified atom stereocenters. The molecule has 18 nitrogen and oxygen atoms in total. The van der Waals surface area contributed by atoms with Crippen molar-refractivity contribution in [2.24, 2.45) is 11.8 Å². The number of benzene rings is 3. The van der Waals surface area contributed by atoms with E-state index in [1.54, 1.807) is 37.0 Å². The quantitative estimate of drug-likeness (QED) is 0.109. The number of fused-ring (bicyclic) bond motifs is 6. The zero-order valence-electron chi connectivity index (χ0n) is 37.3. The molecule has 0 bridgehead atoms. The van der Waals surface area contributed by atoms with E-state index in [1.165, 1.54) is 28.4 Å². The minimum Gasteiger partial charge on any atom is -0.488 e. The zero-order chi connectivity index (χ0) is 45.6. The summed E-state index contributed by atoms with van der Waals surface area (Å²) in [6.07, 6.45) is -0.131. The van der Waals surface area contributed by atoms with Gasteiger partial charge in [0, 0.05) is 58.3 Å². The number of ether oxygens (including phenoxy) is 5. The average molecular weight is 881 g/mol. The molecule has 4 N–H and O–H groups in total. The fraction of sp³-hybridized carbons (Fsp3) is 0.478. The molecule has 2 fully saturated rings. The van der Waals surface area contributed by atoms with Crippen LogP contribution in [0, 0.1) is 11.8 Å². The Morgan fingerprint density at radius 3 is 2.39 bits per heavy atom. The number of likely N-dealkylation sites (tertiary alicyclic amines) is 2. The van der Waals surface area contributed by atoms with E-state index in [2.05, 4.69) is 40.4 Å². The lowest BCUT2D eigenvalue weighted by Crippen LogP contribution is -2.54. The third kappa shape index (κ3) is 8.20. The highest BCUT2D eigenvalue weighted by atomic mass is 16.5. The molecule has 0 radical (unpaired) electrons. The van der Waals surface area contributed by atoms with Gasteiger partial charge in [-0.25, -0.2) is 19.6 Å². The first kappa shape index (κ1) is 44.4. The highest BCUT2D eigenvalue weighted by Gasteiger charge is 2.44. The Morgan fingerprint density at radius 2 is 1.67 bits per heavy atom. The van der Waals surface area contributed by atoms with Gasteiger partial charge < -0.3 is 53.9 Å². The number of imidazole rings is 2. The Labute approximate surface area is 370 Å². The van der Waals surface area contributed by atoms with E-state index in [-0.39, 0.29) is 29.7 Å². The molecule has 3 aliphatic heterocycles. The van der Waals surface area contributed by atoms with Crippen LogP contribution < -0.4 is 10.1 Å². The molecule has 8 rings (SSSR count). The summed E-state index contributed by atoms with van der Waals surface area (Å²) in [6.45, 7) is 7.17. The topological polar surface area (TPSA) is 214 Å². The molecule has 0 saturated carbocycles. The second-order valence-corrected chi connectivity index (χ2v) is 17.2. The molecule has 5 aromatic rings. The van der Waals surface area contributed by atoms with E-state index in [0.29, 0.717) is 50.8 Å². The van der Waals surface area contributed by atoms with Gasteiger partial charge in [-0.2, -0.15) is 0 Å². The molecule has 0 spiro atoms. The molecule has 2 aromatic heterocycles. The van der Waals surface area contributed by atoms with Gasteiger partial charge in [0.2, 0.25) is 11.8 Å². The molecule has 5 heterocycles. The van der Waals surface area contributed by atoms with Gasteiger partial charge in [0.15, 0.2) is 0 Å². The Hall–Kier alpha value is -6.24. The largest absolute Gasteiger partial charge is 0.488 e. The van der Waals surface area contributed by atoms with Crippen LogP contribution in [0.25, 0.3) is 44.2 Å². The second kappa shape index (κ2) is 18.1. The first-order valence-corrected chi connectivity index (χ1v) is 21.5. The number of aromatic nitrogens is 4. The Morgan fingerprint density at radius 1 is 0.922 bits per heavy atom. The predicted octanol–water partition coefficient (Wildman–Crippen LogP) is 5.88. The number of hydrogen-bond acceptors (Lipinski definition) is 11. The SMILES string of the molecule is COC[C@H]1C[C@@H](c2nc3c(ccc4cc5c(cc43)OCc3cc(-c4cnc([C@@H]6C[C@H](C)CN6C(=O)[C@@H](NC(=O)OC)[C@@H](C)OC)[nH]4)ccc3-5)[nH]2)N(C(=O)[C@H]([C@@H](C)OC)N(C)C(=O)O)C1. The van der Waals surface area contributed by atoms with Crippen LogP contribution in [0.1, 0.15) is 62.9 Å². The normalized spacial score (nSPS) is 21.2. The number of carbonyl (C=O) groups excluding carboxylic acids is 3. The second-order valence-electron chi connectivity index (χ2n) is 17.2. The molecule has 8 atom stereocenters. The molecule has 18 heteroatoms. The number of aromatic amines is 2. The van der Waals surface area contributed by atoms with Crippen molar-refractivity contribution in [3.05, 3.63) is 65.9 Å². The molecule has 3 aromatic carbocycles. The Kier molecular flexibility index (Phi) is 12.5. The van der Waals surface area contributed by atoms with Crippen LogP contribution in [0.3, 0.4) is 0 Å². The molecule has 3 aliphatic rings. The summed E-state index contributed by atoms with van der Waals surface area (Å²) in [5, 5.41) is 14.3. The summed E-state index contributed by atoms with van der Waals surface area (Å²) < 4.78 is 27.6. The lowest BCUT2D eigenvalue weighted by molar-refractivity contribution is -0.141. The van der Waals surface area contributed by atoms with E-state index in [9.17, 15) is 24.3 Å². The summed E-state index contributed by atoms with van der Waals surface area (Å²) in [6, 6.07) is 11.6. The number of rotatable bonds is 13. The number of methoxy groups -OCH3 is 4. The standard InChI is InChI=1S/C46H56N8O10/c1-23-13-35(53(19-23)43(55)38(24(2)61-6)51-45(57)63-8)41-47-18-34(49-41)28-9-11-30-29(15-28)22-64-37-17-31-27(16-32(30)37)10-12-33-39(31)50-42(48-33)36-14-26(21-60-5)20-54(36)44(56)40(25(3)62-7)52(4)46(58)59/h9-12,15-18,23-26,35-36,38,40H,13-14,19-22H2,1-8H3,(H,47,49)(H,48,50)(H,51,57)(H,58,59)/t23-,24+,25+,26-,35-,36-,38-,40-/m0/s1. The van der Waals surface area contributed by atoms with E-state index < -0.39 is 42.5 Å². The van der Waals surface area contributed by atoms with Gasteiger partial charge in [-0.15, -0.1) is 0 Å². The van der Waals surface area contributed by atoms with Crippen molar-refractivity contribution in [3.8, 4) is 28.1 Å². The highest BCUT2D eigenvalue weighted by Crippen LogP contribution is 2.44. The molecule has 0 aliphatic carbocycles. The monoisotopic (exact) mass is 880 g/mol. The van der Waals surface area contributed by atoms with Gasteiger partial charge in [0.1, 0.15) is 36.1 Å². The van der Waals surface area contributed by atoms with Crippen molar-refractivity contribution in [1.29, 1.82) is 0 Å². The summed E-state index contributed by atoms with van der Waals surface area (Å²) in [5.41, 5.74) is 6.26. The van der Waals surface area contributed by atoms with Crippen LogP contribution in [0.5, 0.6) is 5.75 Å². The fourth-order valence-electron chi connectivity index (χ4n) is 9.59. The van der Waals surface area contributed by atoms with Gasteiger partial charge in [0.05, 0.1) is 60.9 Å². The van der Waals surface area contributed by atoms with E-state index >= 15 is 0 Å². The minimum atomic E-state index is -1.22. The summed E-state index contributed by atoms with van der Waals surface area (Å²) in [4.78, 5) is 73.6. The lowest BCUT2D eigenvalue weighted by atomic mass is 9.92. The first-order chi connectivity index (χ1) is 30.7. The predicted molar refractivity (Wildman–Crippen MR) is 235 cm³/mol. The van der Waals surface area contributed by atoms with Crippen LogP contribution in [0.15, 0.2) is 48.7 Å². The van der Waals surface area contributed by atoms with Crippen molar-refractivity contribution in [2.45, 2.75) is 76.6 Å². The van der Waals surface area contributed by atoms with Crippen LogP contribution >= 0.6 is 0 Å². The molecular weight excluding hydrogens is 825 g/mol. The third-order valence-corrected chi connectivity index (χ3v) is 13.1. The van der Waals surface area contributed by atoms with Gasteiger partial charge >= 0.3 is 12.2 Å². The number of H-pyrrole nitrogens is 2. The van der Waals surface area contributed by atoms with E-state index in [4.69, 9.17) is 33.7 Å². The number of amides is 4. The van der Waals surface area contributed by atoms with Gasteiger partial charge in [-0.3, -0.25) is 14.5 Å². The maximum atomic E-state index is 14.2. The molecular formula is C46H56N8O10. The van der Waals surface area contributed by atoms with Crippen molar-refractivity contribution < 1.29 is 48.0 Å². The fourth-order valence-corrected chi connectivity index (χ4v) is 9.59. The van der Waals surface area contributed by atoms with Crippen molar-refractivity contribution in [2.75, 3.05) is 55.2 Å². The lowest BCUT2D eigenvalue weighted by Gasteiger charge is -2.34. The van der Waals surface area contributed by atoms with Gasteiger partial charge in [0.25, 0.3) is 0 Å². The number of carbonyl (C=O) groups is 4. The van der Waals surface area contributed by atoms with Crippen molar-refractivity contribution in [1.82, 2.24) is 40.0 Å². The van der Waals surface area contributed by atoms with Crippen LogP contribution in [0.2, 0.25) is 0 Å². The number of hydrogen-bond donors (Lipinski definition) is 4. The smallest absolute Gasteiger partial charge is 0.407 e. The van der Waals surface area contributed by atoms with Crippen LogP contribution in [-0.2, 0) is 35.1 Å². The number of alkyl carbamates (subject to hydrolysis) is 1. The number of likely N-dealkylation sites (N-methyl/N-ethyl adjacent to an activating group) is 1. The summed E-state index contributed by atoms with van der Waals surface area (Å²) >= 11 is 0. The zero-order valence-corrected chi connectivity index (χ0v) is 37.3. The maximum Gasteiger partial charge on any atom is 0.407 e. The maximum absolute atomic E-state index is 14.2. The van der Waals surface area contributed by atoms with Gasteiger partial charge in [-0.05, 0) is 78.9 Å². The first-order valence-electron chi connectivity index (χ1n) is 21.5. The van der Waals surface area contributed by atoms with Gasteiger partial charge in [-0.1, -0.05) is 25.1 Å². The Bertz CT molecular complexity index is 2580. The Balaban J connectivity index is 1.06. The number of nitrogens with one attached hydrogen (secondary N) is 3. The minimum absolute atomic E-state index is 0.0209. The number of carboxylic acid groups (broad SMARTS) is 1. The van der Waals surface area contributed by atoms with Crippen LogP contribution in [-0.4, -0.2) is 143 Å². The van der Waals surface area contributed by atoms with Crippen molar-refractivity contribution in [3.63, 3.8) is 0 Å². The molecule has 64 heavy (non-hydrogen) atoms. The van der Waals surface area contributed by atoms with E-state index in [0.717, 1.165) is 60.4 Å². The molecule has 2 saturated heterocycles. The van der Waals surface area contributed by atoms with Crippen molar-refractivity contribution >= 4 is 45.8 Å². The third-order valence-electron chi connectivity index (χ3n) is 13.1. The summed E-state index contributed by atoms with van der Waals surface area (Å²) in [7, 11) is 7.22. The van der Waals surface area contributed by atoms with Crippen LogP contribution in [0.4, 0.5) is 9.59 Å². The van der Waals surface area contributed by atoms with E-state index in [1.807, 2.05) is 24.3 Å². The summed E-state index contributed by atoms with van der Waals surface area (Å²) in [5.74, 6) is 1.60. The number of nitrogens with zero attached hydrogens (tertiary/aromatic N) is 5. The highest BCUT2D eigenvalue weighted by molar-refractivity contribution is 6.07. The molecule has 340 valence electrons.